The molecule has 0 amide bonds. The van der Waals surface area contributed by atoms with Gasteiger partial charge in [-0.2, -0.15) is 10.2 Å². The first-order chi connectivity index (χ1) is 24.9. The summed E-state index contributed by atoms with van der Waals surface area (Å²) in [4.78, 5) is 31.1. The molecule has 0 saturated carbocycles. The van der Waals surface area contributed by atoms with Gasteiger partial charge in [0.05, 0.1) is 49.9 Å². The largest absolute Gasteiger partial charge is 0.386 e. The van der Waals surface area contributed by atoms with Crippen molar-refractivity contribution in [2.24, 2.45) is 0 Å². The molecule has 0 N–H and O–H groups in total. The maximum atomic E-state index is 13.4. The number of nitrogens with zero attached hydrogens (tertiary/aromatic N) is 6. The average Bonchev–Trinajstić information content (AvgIpc) is 3.18. The minimum atomic E-state index is -0.718. The smallest absolute Gasteiger partial charge is 0.346 e. The van der Waals surface area contributed by atoms with Gasteiger partial charge in [0, 0.05) is 47.7 Å². The highest BCUT2D eigenvalue weighted by Gasteiger charge is 2.21. The standard InChI is InChI=1S/C40H36N6O5/c1-25-3-5-29(21-35(25)27-7-9-33-31(19-27)23-41-43-37(33)45-11-15-49-16-12-45)39(47)51-40(48)30-6-4-26(2)36(22-30)28-8-10-34-32(20-28)24-42-44-38(34)46-13-17-50-18-14-46/h3-10,19-24H,11-18H2,1-2H3. The van der Waals surface area contributed by atoms with Gasteiger partial charge in [-0.25, -0.2) is 9.59 Å². The number of fused-ring (bicyclic) bond motifs is 2. The second-order valence-corrected chi connectivity index (χ2v) is 12.9. The lowest BCUT2D eigenvalue weighted by Crippen LogP contribution is -2.37. The van der Waals surface area contributed by atoms with E-state index < -0.39 is 11.9 Å². The van der Waals surface area contributed by atoms with E-state index in [1.165, 1.54) is 0 Å². The van der Waals surface area contributed by atoms with E-state index >= 15 is 0 Å². The number of aryl methyl sites for hydroxylation is 2. The topological polar surface area (TPSA) is 120 Å². The molecule has 2 fully saturated rings. The van der Waals surface area contributed by atoms with Gasteiger partial charge in [0.1, 0.15) is 0 Å². The van der Waals surface area contributed by atoms with Gasteiger partial charge in [0.25, 0.3) is 0 Å². The van der Waals surface area contributed by atoms with E-state index in [0.717, 1.165) is 92.7 Å². The molecule has 6 aromatic rings. The third-order valence-electron chi connectivity index (χ3n) is 9.66. The molecule has 2 saturated heterocycles. The molecule has 2 aliphatic rings. The molecule has 4 heterocycles. The predicted molar refractivity (Wildman–Crippen MR) is 195 cm³/mol. The molecule has 8 rings (SSSR count). The van der Waals surface area contributed by atoms with Crippen molar-refractivity contribution in [3.8, 4) is 22.3 Å². The van der Waals surface area contributed by atoms with Crippen molar-refractivity contribution in [2.75, 3.05) is 62.4 Å². The predicted octanol–water partition coefficient (Wildman–Crippen LogP) is 6.19. The van der Waals surface area contributed by atoms with E-state index in [9.17, 15) is 9.59 Å². The number of ether oxygens (including phenoxy) is 3. The molecule has 256 valence electrons. The molecule has 4 aromatic carbocycles. The van der Waals surface area contributed by atoms with E-state index in [1.807, 2.05) is 62.4 Å². The number of benzene rings is 4. The summed E-state index contributed by atoms with van der Waals surface area (Å²) in [7, 11) is 0. The fourth-order valence-electron chi connectivity index (χ4n) is 6.82. The van der Waals surface area contributed by atoms with Gasteiger partial charge in [-0.3, -0.25) is 0 Å². The van der Waals surface area contributed by atoms with Crippen molar-refractivity contribution in [1.82, 2.24) is 20.4 Å². The highest BCUT2D eigenvalue weighted by Crippen LogP contribution is 2.33. The Labute approximate surface area is 294 Å². The molecule has 0 unspecified atom stereocenters. The third kappa shape index (κ3) is 6.49. The number of carbonyl (C=O) groups is 2. The molecule has 2 aliphatic heterocycles. The summed E-state index contributed by atoms with van der Waals surface area (Å²) in [5, 5.41) is 21.2. The first-order valence-corrected chi connectivity index (χ1v) is 17.1. The zero-order chi connectivity index (χ0) is 34.9. The fourth-order valence-corrected chi connectivity index (χ4v) is 6.82. The Hall–Kier alpha value is -5.78. The van der Waals surface area contributed by atoms with Crippen LogP contribution in [0.4, 0.5) is 11.6 Å². The molecule has 0 spiro atoms. The summed E-state index contributed by atoms with van der Waals surface area (Å²) in [5.41, 5.74) is 6.09. The highest BCUT2D eigenvalue weighted by atomic mass is 16.6. The summed E-state index contributed by atoms with van der Waals surface area (Å²) < 4.78 is 16.5. The quantitative estimate of drug-likeness (QED) is 0.148. The van der Waals surface area contributed by atoms with Gasteiger partial charge in [-0.05, 0) is 95.8 Å². The lowest BCUT2D eigenvalue weighted by Gasteiger charge is -2.28. The number of morpholine rings is 2. The summed E-state index contributed by atoms with van der Waals surface area (Å²) in [6.07, 6.45) is 3.50. The SMILES string of the molecule is Cc1ccc(C(=O)OC(=O)c2ccc(C)c(-c3ccc4c(N5CCOCC5)nncc4c3)c2)cc1-c1ccc2c(N3CCOCC3)nncc2c1. The molecular formula is C40H36N6O5. The highest BCUT2D eigenvalue weighted by molar-refractivity contribution is 6.04. The van der Waals surface area contributed by atoms with Crippen molar-refractivity contribution >= 4 is 45.1 Å². The van der Waals surface area contributed by atoms with Crippen LogP contribution in [0.25, 0.3) is 43.8 Å². The van der Waals surface area contributed by atoms with Crippen LogP contribution in [0.1, 0.15) is 31.8 Å². The zero-order valence-electron chi connectivity index (χ0n) is 28.5. The van der Waals surface area contributed by atoms with Crippen LogP contribution in [0.15, 0.2) is 85.2 Å². The maximum absolute atomic E-state index is 13.4. The first-order valence-electron chi connectivity index (χ1n) is 17.1. The number of esters is 2. The van der Waals surface area contributed by atoms with Crippen LogP contribution in [0.3, 0.4) is 0 Å². The van der Waals surface area contributed by atoms with Gasteiger partial charge >= 0.3 is 11.9 Å². The van der Waals surface area contributed by atoms with E-state index in [4.69, 9.17) is 14.2 Å². The number of rotatable bonds is 6. The summed E-state index contributed by atoms with van der Waals surface area (Å²) in [6, 6.07) is 22.9. The molecule has 0 atom stereocenters. The second-order valence-electron chi connectivity index (χ2n) is 12.9. The fraction of sp³-hybridized carbons (Fsp3) is 0.250. The Morgan fingerprint density at radius 1 is 0.588 bits per heavy atom. The number of hydrogen-bond donors (Lipinski definition) is 0. The van der Waals surface area contributed by atoms with Crippen LogP contribution in [0.2, 0.25) is 0 Å². The van der Waals surface area contributed by atoms with Crippen molar-refractivity contribution in [3.05, 3.63) is 107 Å². The van der Waals surface area contributed by atoms with Crippen LogP contribution in [-0.4, -0.2) is 84.9 Å². The van der Waals surface area contributed by atoms with Crippen molar-refractivity contribution in [3.63, 3.8) is 0 Å². The van der Waals surface area contributed by atoms with E-state index in [-0.39, 0.29) is 11.1 Å². The average molecular weight is 681 g/mol. The van der Waals surface area contributed by atoms with Crippen molar-refractivity contribution in [1.29, 1.82) is 0 Å². The minimum absolute atomic E-state index is 0.282. The van der Waals surface area contributed by atoms with Crippen molar-refractivity contribution in [2.45, 2.75) is 13.8 Å². The van der Waals surface area contributed by atoms with Crippen LogP contribution in [-0.2, 0) is 14.2 Å². The van der Waals surface area contributed by atoms with Crippen molar-refractivity contribution < 1.29 is 23.8 Å². The Bertz CT molecular complexity index is 2140. The van der Waals surface area contributed by atoms with E-state index in [0.29, 0.717) is 26.4 Å². The Kier molecular flexibility index (Phi) is 8.81. The van der Waals surface area contributed by atoms with Gasteiger partial charge in [-0.1, -0.05) is 24.3 Å². The zero-order valence-corrected chi connectivity index (χ0v) is 28.5. The van der Waals surface area contributed by atoms with Gasteiger partial charge in [0.2, 0.25) is 0 Å². The summed E-state index contributed by atoms with van der Waals surface area (Å²) >= 11 is 0. The number of carbonyl (C=O) groups excluding carboxylic acids is 2. The summed E-state index contributed by atoms with van der Waals surface area (Å²) in [6.45, 7) is 9.64. The first kappa shape index (κ1) is 32.4. The van der Waals surface area contributed by atoms with Crippen LogP contribution < -0.4 is 9.80 Å². The van der Waals surface area contributed by atoms with E-state index in [1.54, 1.807) is 36.7 Å². The molecule has 2 aromatic heterocycles. The van der Waals surface area contributed by atoms with Gasteiger partial charge in [-0.15, -0.1) is 10.2 Å². The molecule has 0 aliphatic carbocycles. The molecule has 0 bridgehead atoms. The monoisotopic (exact) mass is 680 g/mol. The Morgan fingerprint density at radius 2 is 1.02 bits per heavy atom. The third-order valence-corrected chi connectivity index (χ3v) is 9.66. The van der Waals surface area contributed by atoms with Crippen LogP contribution in [0.5, 0.6) is 0 Å². The minimum Gasteiger partial charge on any atom is -0.386 e. The lowest BCUT2D eigenvalue weighted by atomic mass is 9.96. The van der Waals surface area contributed by atoms with Gasteiger partial charge in [0.15, 0.2) is 11.6 Å². The van der Waals surface area contributed by atoms with Gasteiger partial charge < -0.3 is 24.0 Å². The lowest BCUT2D eigenvalue weighted by molar-refractivity contribution is 0.0397. The molecular weight excluding hydrogens is 644 g/mol. The number of hydrogen-bond acceptors (Lipinski definition) is 11. The number of aromatic nitrogens is 4. The van der Waals surface area contributed by atoms with Crippen LogP contribution >= 0.6 is 0 Å². The Morgan fingerprint density at radius 3 is 1.45 bits per heavy atom. The molecule has 0 radical (unpaired) electrons. The molecule has 51 heavy (non-hydrogen) atoms. The Balaban J connectivity index is 1.03. The number of anilines is 2. The van der Waals surface area contributed by atoms with E-state index in [2.05, 4.69) is 30.2 Å². The normalized spacial score (nSPS) is 14.9. The van der Waals surface area contributed by atoms with Crippen LogP contribution in [0, 0.1) is 13.8 Å². The maximum Gasteiger partial charge on any atom is 0.346 e. The molecule has 11 heteroatoms. The second kappa shape index (κ2) is 13.9. The molecule has 11 nitrogen and oxygen atoms in total. The summed E-state index contributed by atoms with van der Waals surface area (Å²) in [5.74, 6) is 0.234.